The molecule has 2 aliphatic rings. The lowest BCUT2D eigenvalue weighted by molar-refractivity contribution is -0.132. The first kappa shape index (κ1) is 19.6. The zero-order valence-electron chi connectivity index (χ0n) is 15.6. The highest BCUT2D eigenvalue weighted by Crippen LogP contribution is 2.24. The van der Waals surface area contributed by atoms with E-state index in [9.17, 15) is 18.0 Å². The summed E-state index contributed by atoms with van der Waals surface area (Å²) < 4.78 is 31.2. The monoisotopic (exact) mass is 395 g/mol. The van der Waals surface area contributed by atoms with Crippen molar-refractivity contribution in [3.63, 3.8) is 0 Å². The number of amides is 2. The van der Waals surface area contributed by atoms with Gasteiger partial charge in [-0.25, -0.2) is 13.2 Å². The molecule has 2 saturated heterocycles. The molecule has 1 aromatic rings. The number of rotatable bonds is 5. The Morgan fingerprint density at radius 2 is 1.85 bits per heavy atom. The molecule has 2 aliphatic heterocycles. The predicted molar refractivity (Wildman–Crippen MR) is 98.5 cm³/mol. The summed E-state index contributed by atoms with van der Waals surface area (Å²) >= 11 is 0. The third-order valence-electron chi connectivity index (χ3n) is 5.15. The van der Waals surface area contributed by atoms with Crippen molar-refractivity contribution in [1.29, 1.82) is 0 Å². The van der Waals surface area contributed by atoms with Crippen LogP contribution in [0.15, 0.2) is 35.2 Å². The predicted octanol–water partition coefficient (Wildman–Crippen LogP) is 1.14. The SMILES string of the molecule is CC1COC(=O)N1C1CCN(C(=O)CN(C)S(=O)(=O)c2ccccc2)CC1. The first-order chi connectivity index (χ1) is 12.8. The highest BCUT2D eigenvalue weighted by atomic mass is 32.2. The van der Waals surface area contributed by atoms with Crippen LogP contribution in [-0.4, -0.2) is 79.9 Å². The van der Waals surface area contributed by atoms with Gasteiger partial charge >= 0.3 is 6.09 Å². The zero-order valence-corrected chi connectivity index (χ0v) is 16.4. The first-order valence-corrected chi connectivity index (χ1v) is 10.5. The van der Waals surface area contributed by atoms with Gasteiger partial charge in [0, 0.05) is 26.2 Å². The van der Waals surface area contributed by atoms with Gasteiger partial charge < -0.3 is 9.64 Å². The fraction of sp³-hybridized carbons (Fsp3) is 0.556. The van der Waals surface area contributed by atoms with Crippen LogP contribution >= 0.6 is 0 Å². The summed E-state index contributed by atoms with van der Waals surface area (Å²) in [6.45, 7) is 3.15. The zero-order chi connectivity index (χ0) is 19.6. The van der Waals surface area contributed by atoms with Crippen LogP contribution in [0, 0.1) is 0 Å². The Bertz CT molecular complexity index is 790. The standard InChI is InChI=1S/C18H25N3O5S/c1-14-13-26-18(23)21(14)15-8-10-20(11-9-15)17(22)12-19(2)27(24,25)16-6-4-3-5-7-16/h3-7,14-15H,8-13H2,1-2H3. The molecule has 148 valence electrons. The second-order valence-electron chi connectivity index (χ2n) is 7.02. The Hall–Kier alpha value is -2.13. The average molecular weight is 395 g/mol. The maximum absolute atomic E-state index is 12.6. The molecule has 3 rings (SSSR count). The second kappa shape index (κ2) is 7.85. The number of ether oxygens (including phenoxy) is 1. The topological polar surface area (TPSA) is 87.2 Å². The molecule has 2 amide bonds. The van der Waals surface area contributed by atoms with E-state index in [1.165, 1.54) is 19.2 Å². The second-order valence-corrected chi connectivity index (χ2v) is 9.06. The van der Waals surface area contributed by atoms with Gasteiger partial charge in [0.2, 0.25) is 15.9 Å². The number of likely N-dealkylation sites (tertiary alicyclic amines) is 1. The number of piperidine rings is 1. The molecule has 9 heteroatoms. The quantitative estimate of drug-likeness (QED) is 0.746. The minimum absolute atomic E-state index is 0.0481. The van der Waals surface area contributed by atoms with E-state index in [0.29, 0.717) is 32.5 Å². The number of nitrogens with zero attached hydrogens (tertiary/aromatic N) is 3. The lowest BCUT2D eigenvalue weighted by Gasteiger charge is -2.37. The van der Waals surface area contributed by atoms with Crippen LogP contribution in [0.5, 0.6) is 0 Å². The third kappa shape index (κ3) is 4.08. The summed E-state index contributed by atoms with van der Waals surface area (Å²) in [7, 11) is -2.28. The Labute approximate surface area is 159 Å². The van der Waals surface area contributed by atoms with Crippen LogP contribution in [0.2, 0.25) is 0 Å². The van der Waals surface area contributed by atoms with Crippen molar-refractivity contribution in [2.45, 2.75) is 36.7 Å². The first-order valence-electron chi connectivity index (χ1n) is 9.05. The summed E-state index contributed by atoms with van der Waals surface area (Å²) in [6, 6.07) is 8.17. The molecule has 0 radical (unpaired) electrons. The van der Waals surface area contributed by atoms with Gasteiger partial charge in [0.1, 0.15) is 6.61 Å². The molecule has 0 aromatic heterocycles. The van der Waals surface area contributed by atoms with Gasteiger partial charge in [-0.15, -0.1) is 0 Å². The van der Waals surface area contributed by atoms with E-state index in [1.807, 2.05) is 6.92 Å². The van der Waals surface area contributed by atoms with Crippen molar-refractivity contribution in [3.05, 3.63) is 30.3 Å². The molecule has 27 heavy (non-hydrogen) atoms. The van der Waals surface area contributed by atoms with Crippen molar-refractivity contribution in [2.24, 2.45) is 0 Å². The Balaban J connectivity index is 1.56. The van der Waals surface area contributed by atoms with Gasteiger partial charge in [0.15, 0.2) is 0 Å². The fourth-order valence-corrected chi connectivity index (χ4v) is 4.72. The van der Waals surface area contributed by atoms with Crippen molar-refractivity contribution in [2.75, 3.05) is 33.3 Å². The van der Waals surface area contributed by atoms with Crippen LogP contribution in [-0.2, 0) is 19.6 Å². The smallest absolute Gasteiger partial charge is 0.410 e. The summed E-state index contributed by atoms with van der Waals surface area (Å²) in [5.41, 5.74) is 0. The van der Waals surface area contributed by atoms with Crippen molar-refractivity contribution in [3.8, 4) is 0 Å². The average Bonchev–Trinajstić information content (AvgIpc) is 3.00. The largest absolute Gasteiger partial charge is 0.447 e. The van der Waals surface area contributed by atoms with E-state index < -0.39 is 10.0 Å². The molecular formula is C18H25N3O5S. The number of carbonyl (C=O) groups is 2. The fourth-order valence-electron chi connectivity index (χ4n) is 3.58. The lowest BCUT2D eigenvalue weighted by Crippen LogP contribution is -2.50. The molecule has 1 aromatic carbocycles. The molecule has 0 N–H and O–H groups in total. The van der Waals surface area contributed by atoms with E-state index in [1.54, 1.807) is 28.0 Å². The molecule has 1 atom stereocenters. The summed E-state index contributed by atoms with van der Waals surface area (Å²) in [4.78, 5) is 28.0. The third-order valence-corrected chi connectivity index (χ3v) is 6.97. The Morgan fingerprint density at radius 1 is 1.22 bits per heavy atom. The van der Waals surface area contributed by atoms with Crippen molar-refractivity contribution < 1.29 is 22.7 Å². The van der Waals surface area contributed by atoms with Crippen LogP contribution < -0.4 is 0 Å². The van der Waals surface area contributed by atoms with Crippen LogP contribution in [0.3, 0.4) is 0 Å². The van der Waals surface area contributed by atoms with E-state index in [-0.39, 0.29) is 35.5 Å². The van der Waals surface area contributed by atoms with Crippen molar-refractivity contribution >= 4 is 22.0 Å². The van der Waals surface area contributed by atoms with Gasteiger partial charge in [-0.05, 0) is 31.9 Å². The van der Waals surface area contributed by atoms with Crippen molar-refractivity contribution in [1.82, 2.24) is 14.1 Å². The number of benzene rings is 1. The lowest BCUT2D eigenvalue weighted by atomic mass is 10.0. The molecule has 2 fully saturated rings. The van der Waals surface area contributed by atoms with Crippen LogP contribution in [0.1, 0.15) is 19.8 Å². The van der Waals surface area contributed by atoms with Gasteiger partial charge in [-0.2, -0.15) is 4.31 Å². The number of likely N-dealkylation sites (N-methyl/N-ethyl adjacent to an activating group) is 1. The molecule has 0 bridgehead atoms. The number of hydrogen-bond donors (Lipinski definition) is 0. The number of cyclic esters (lactones) is 1. The van der Waals surface area contributed by atoms with Crippen LogP contribution in [0.25, 0.3) is 0 Å². The molecular weight excluding hydrogens is 370 g/mol. The van der Waals surface area contributed by atoms with Gasteiger partial charge in [0.25, 0.3) is 0 Å². The highest BCUT2D eigenvalue weighted by molar-refractivity contribution is 7.89. The van der Waals surface area contributed by atoms with E-state index in [0.717, 1.165) is 4.31 Å². The molecule has 0 aliphatic carbocycles. The van der Waals surface area contributed by atoms with E-state index in [4.69, 9.17) is 4.74 Å². The number of carbonyl (C=O) groups excluding carboxylic acids is 2. The summed E-state index contributed by atoms with van der Waals surface area (Å²) in [5, 5.41) is 0. The summed E-state index contributed by atoms with van der Waals surface area (Å²) in [5.74, 6) is -0.229. The Kier molecular flexibility index (Phi) is 5.71. The number of sulfonamides is 1. The molecule has 2 heterocycles. The molecule has 0 spiro atoms. The molecule has 1 unspecified atom stereocenters. The summed E-state index contributed by atoms with van der Waals surface area (Å²) in [6.07, 6.45) is 1.04. The maximum Gasteiger partial charge on any atom is 0.410 e. The minimum Gasteiger partial charge on any atom is -0.447 e. The van der Waals surface area contributed by atoms with Gasteiger partial charge in [-0.1, -0.05) is 18.2 Å². The maximum atomic E-state index is 12.6. The van der Waals surface area contributed by atoms with Gasteiger partial charge in [0.05, 0.1) is 17.5 Å². The number of hydrogen-bond acceptors (Lipinski definition) is 5. The van der Waals surface area contributed by atoms with E-state index >= 15 is 0 Å². The molecule has 0 saturated carbocycles. The van der Waals surface area contributed by atoms with E-state index in [2.05, 4.69) is 0 Å². The van der Waals surface area contributed by atoms with Gasteiger partial charge in [-0.3, -0.25) is 9.69 Å². The van der Waals surface area contributed by atoms with Crippen LogP contribution in [0.4, 0.5) is 4.79 Å². The molecule has 8 nitrogen and oxygen atoms in total. The highest BCUT2D eigenvalue weighted by Gasteiger charge is 2.38. The normalized spacial score (nSPS) is 21.6. The minimum atomic E-state index is -3.69. The Morgan fingerprint density at radius 3 is 2.41 bits per heavy atom.